The second-order valence-corrected chi connectivity index (χ2v) is 4.81. The maximum absolute atomic E-state index is 11.1. The maximum atomic E-state index is 11.1. The number of rotatable bonds is 3. The maximum Gasteiger partial charge on any atom is 0.314 e. The fourth-order valence-corrected chi connectivity index (χ4v) is 2.77. The van der Waals surface area contributed by atoms with Gasteiger partial charge in [-0.1, -0.05) is 0 Å². The van der Waals surface area contributed by atoms with Gasteiger partial charge in [0.1, 0.15) is 0 Å². The second kappa shape index (κ2) is 6.17. The van der Waals surface area contributed by atoms with Gasteiger partial charge in [0, 0.05) is 13.1 Å². The molecule has 2 N–H and O–H groups in total. The van der Waals surface area contributed by atoms with Crippen LogP contribution in [-0.2, 0) is 0 Å². The minimum Gasteiger partial charge on any atom is -0.341 e. The van der Waals surface area contributed by atoms with Crippen LogP contribution in [0.15, 0.2) is 0 Å². The zero-order valence-corrected chi connectivity index (χ0v) is 9.82. The van der Waals surface area contributed by atoms with Crippen molar-refractivity contribution in [3.63, 3.8) is 0 Å². The Morgan fingerprint density at radius 2 is 2.00 bits per heavy atom. The predicted molar refractivity (Wildman–Crippen MR) is 61.7 cm³/mol. The Morgan fingerprint density at radius 1 is 1.36 bits per heavy atom. The van der Waals surface area contributed by atoms with Crippen molar-refractivity contribution in [1.29, 1.82) is 0 Å². The van der Waals surface area contributed by atoms with E-state index in [2.05, 4.69) is 16.9 Å². The summed E-state index contributed by atoms with van der Waals surface area (Å²) >= 11 is 1.93. The third-order valence-electron chi connectivity index (χ3n) is 2.81. The number of amides is 2. The van der Waals surface area contributed by atoms with Gasteiger partial charge in [-0.15, -0.1) is 0 Å². The van der Waals surface area contributed by atoms with Crippen LogP contribution in [0.4, 0.5) is 4.79 Å². The van der Waals surface area contributed by atoms with E-state index in [0.717, 1.165) is 18.8 Å². The fourth-order valence-electron chi connectivity index (χ4n) is 1.97. The topological polar surface area (TPSA) is 41.1 Å². The van der Waals surface area contributed by atoms with E-state index in [4.69, 9.17) is 0 Å². The summed E-state index contributed by atoms with van der Waals surface area (Å²) in [5, 5.41) is 5.57. The second-order valence-electron chi connectivity index (χ2n) is 3.90. The third-order valence-corrected chi connectivity index (χ3v) is 3.62. The van der Waals surface area contributed by atoms with Crippen LogP contribution >= 0.6 is 11.8 Å². The molecule has 14 heavy (non-hydrogen) atoms. The lowest BCUT2D eigenvalue weighted by molar-refractivity contribution is 0.231. The minimum absolute atomic E-state index is 0.0432. The van der Waals surface area contributed by atoms with Crippen LogP contribution in [0.3, 0.4) is 0 Å². The van der Waals surface area contributed by atoms with Crippen LogP contribution in [0.25, 0.3) is 0 Å². The Labute approximate surface area is 90.4 Å². The molecule has 1 aliphatic rings. The van der Waals surface area contributed by atoms with Gasteiger partial charge >= 0.3 is 6.03 Å². The zero-order chi connectivity index (χ0) is 10.4. The van der Waals surface area contributed by atoms with Crippen molar-refractivity contribution in [2.24, 2.45) is 5.92 Å². The van der Waals surface area contributed by atoms with Crippen molar-refractivity contribution in [3.8, 4) is 0 Å². The fraction of sp³-hybridized carbons (Fsp3) is 0.900. The normalized spacial score (nSPS) is 27.0. The molecule has 3 nitrogen and oxygen atoms in total. The Morgan fingerprint density at radius 3 is 2.50 bits per heavy atom. The highest BCUT2D eigenvalue weighted by molar-refractivity contribution is 7.98. The first-order chi connectivity index (χ1) is 6.76. The number of thioether (sulfide) groups is 1. The van der Waals surface area contributed by atoms with E-state index >= 15 is 0 Å². The molecule has 0 bridgehead atoms. The molecule has 0 aliphatic heterocycles. The molecule has 0 heterocycles. The molecule has 0 aromatic rings. The number of urea groups is 1. The van der Waals surface area contributed by atoms with E-state index in [1.807, 2.05) is 11.8 Å². The van der Waals surface area contributed by atoms with Gasteiger partial charge in [-0.2, -0.15) is 11.8 Å². The molecule has 1 rings (SSSR count). The molecule has 1 aliphatic carbocycles. The molecule has 0 spiro atoms. The van der Waals surface area contributed by atoms with E-state index in [9.17, 15) is 4.79 Å². The van der Waals surface area contributed by atoms with Gasteiger partial charge in [0.2, 0.25) is 0 Å². The van der Waals surface area contributed by atoms with Gasteiger partial charge in [-0.3, -0.25) is 0 Å². The average Bonchev–Trinajstić information content (AvgIpc) is 2.21. The summed E-state index contributed by atoms with van der Waals surface area (Å²) in [5.74, 6) is 2.14. The first-order valence-electron chi connectivity index (χ1n) is 5.23. The number of nitrogens with one attached hydrogen (secondary N) is 2. The summed E-state index contributed by atoms with van der Waals surface area (Å²) in [4.78, 5) is 11.1. The molecular formula is C10H20N2OS. The summed E-state index contributed by atoms with van der Waals surface area (Å²) in [6.07, 6.45) is 6.96. The van der Waals surface area contributed by atoms with Gasteiger partial charge in [0.15, 0.2) is 0 Å². The highest BCUT2D eigenvalue weighted by atomic mass is 32.2. The molecular weight excluding hydrogens is 196 g/mol. The molecule has 0 radical (unpaired) electrons. The van der Waals surface area contributed by atoms with Crippen molar-refractivity contribution in [3.05, 3.63) is 0 Å². The summed E-state index contributed by atoms with van der Waals surface area (Å²) in [6.45, 7) is 0. The van der Waals surface area contributed by atoms with Crippen LogP contribution in [0.5, 0.6) is 0 Å². The number of carbonyl (C=O) groups excluding carboxylic acids is 1. The predicted octanol–water partition coefficient (Wildman–Crippen LogP) is 1.84. The Bertz CT molecular complexity index is 179. The number of hydrogen-bond acceptors (Lipinski definition) is 2. The first-order valence-corrected chi connectivity index (χ1v) is 6.62. The van der Waals surface area contributed by atoms with Crippen LogP contribution < -0.4 is 10.6 Å². The Kier molecular flexibility index (Phi) is 5.15. The molecule has 1 fully saturated rings. The van der Waals surface area contributed by atoms with Gasteiger partial charge < -0.3 is 10.6 Å². The molecule has 0 saturated heterocycles. The third kappa shape index (κ3) is 3.78. The average molecular weight is 216 g/mol. The van der Waals surface area contributed by atoms with E-state index in [1.54, 1.807) is 7.05 Å². The summed E-state index contributed by atoms with van der Waals surface area (Å²) < 4.78 is 0. The van der Waals surface area contributed by atoms with Gasteiger partial charge in [-0.25, -0.2) is 4.79 Å². The molecule has 2 amide bonds. The summed E-state index contributed by atoms with van der Waals surface area (Å²) in [5.41, 5.74) is 0. The van der Waals surface area contributed by atoms with Gasteiger partial charge in [-0.05, 0) is 43.6 Å². The molecule has 0 atom stereocenters. The first kappa shape index (κ1) is 11.7. The molecule has 0 aromatic heterocycles. The van der Waals surface area contributed by atoms with Gasteiger partial charge in [0.05, 0.1) is 0 Å². The molecule has 82 valence electrons. The van der Waals surface area contributed by atoms with Crippen molar-refractivity contribution in [2.45, 2.75) is 31.7 Å². The summed E-state index contributed by atoms with van der Waals surface area (Å²) in [7, 11) is 1.66. The van der Waals surface area contributed by atoms with E-state index in [0.29, 0.717) is 6.04 Å². The van der Waals surface area contributed by atoms with Crippen LogP contribution in [0.2, 0.25) is 0 Å². The van der Waals surface area contributed by atoms with E-state index in [1.165, 1.54) is 18.6 Å². The van der Waals surface area contributed by atoms with Crippen LogP contribution in [-0.4, -0.2) is 31.1 Å². The largest absolute Gasteiger partial charge is 0.341 e. The quantitative estimate of drug-likeness (QED) is 0.756. The van der Waals surface area contributed by atoms with Crippen molar-refractivity contribution >= 4 is 17.8 Å². The summed E-state index contributed by atoms with van der Waals surface area (Å²) in [6, 6.07) is 0.353. The lowest BCUT2D eigenvalue weighted by Gasteiger charge is -2.28. The molecule has 4 heteroatoms. The Hall–Kier alpha value is -0.380. The zero-order valence-electron chi connectivity index (χ0n) is 9.01. The van der Waals surface area contributed by atoms with Crippen molar-refractivity contribution in [2.75, 3.05) is 19.1 Å². The van der Waals surface area contributed by atoms with Crippen molar-refractivity contribution in [1.82, 2.24) is 10.6 Å². The molecule has 1 saturated carbocycles. The van der Waals surface area contributed by atoms with Crippen LogP contribution in [0.1, 0.15) is 25.7 Å². The monoisotopic (exact) mass is 216 g/mol. The lowest BCUT2D eigenvalue weighted by Crippen LogP contribution is -2.42. The van der Waals surface area contributed by atoms with Crippen molar-refractivity contribution < 1.29 is 4.79 Å². The minimum atomic E-state index is -0.0432. The number of hydrogen-bond donors (Lipinski definition) is 2. The lowest BCUT2D eigenvalue weighted by atomic mass is 9.87. The highest BCUT2D eigenvalue weighted by Crippen LogP contribution is 2.26. The standard InChI is InChI=1S/C10H20N2OS/c1-11-10(13)12-9-5-3-8(4-6-9)7-14-2/h8-9H,3-7H2,1-2H3,(H2,11,12,13). The Balaban J connectivity index is 2.18. The van der Waals surface area contributed by atoms with E-state index in [-0.39, 0.29) is 6.03 Å². The molecule has 0 aromatic carbocycles. The van der Waals surface area contributed by atoms with E-state index < -0.39 is 0 Å². The number of carbonyl (C=O) groups is 1. The molecule has 0 unspecified atom stereocenters. The SMILES string of the molecule is CNC(=O)NC1CCC(CSC)CC1. The highest BCUT2D eigenvalue weighted by Gasteiger charge is 2.21. The van der Waals surface area contributed by atoms with Gasteiger partial charge in [0.25, 0.3) is 0 Å². The smallest absolute Gasteiger partial charge is 0.314 e. The van der Waals surface area contributed by atoms with Crippen LogP contribution in [0, 0.1) is 5.92 Å².